The summed E-state index contributed by atoms with van der Waals surface area (Å²) >= 11 is 1.71. The Balaban J connectivity index is 1.55. The number of methoxy groups -OCH3 is 1. The number of likely N-dealkylation sites (tertiary alicyclic amines) is 1. The molecule has 128 valence electrons. The van der Waals surface area contributed by atoms with E-state index in [4.69, 9.17) is 4.74 Å². The molecule has 1 saturated heterocycles. The third-order valence-corrected chi connectivity index (χ3v) is 5.32. The van der Waals surface area contributed by atoms with Crippen LogP contribution in [0.4, 0.5) is 0 Å². The Hall–Kier alpha value is -1.92. The number of nitrogens with one attached hydrogen (secondary N) is 1. The molecular formula is C18H22N2O3S. The van der Waals surface area contributed by atoms with Crippen molar-refractivity contribution in [1.29, 1.82) is 0 Å². The highest BCUT2D eigenvalue weighted by Gasteiger charge is 2.29. The molecule has 1 aromatic carbocycles. The van der Waals surface area contributed by atoms with Crippen LogP contribution in [0.2, 0.25) is 0 Å². The summed E-state index contributed by atoms with van der Waals surface area (Å²) in [5, 5.41) is 6.29. The molecule has 0 unspecified atom stereocenters. The third-order valence-electron chi connectivity index (χ3n) is 4.42. The summed E-state index contributed by atoms with van der Waals surface area (Å²) in [4.78, 5) is 26.0. The highest BCUT2D eigenvalue weighted by Crippen LogP contribution is 2.22. The standard InChI is InChI=1S/C18H22N2O3S/c1-23-8-7-20-12-15(3-5-17(20)21)18(22)19-11-13-2-4-16-14(10-13)6-9-24-16/h2,4,6,9-10,15H,3,5,7-8,11-12H2,1H3,(H,19,22)/t15-/m0/s1. The van der Waals surface area contributed by atoms with Gasteiger partial charge in [-0.05, 0) is 40.9 Å². The second kappa shape index (κ2) is 7.77. The molecule has 2 aromatic rings. The largest absolute Gasteiger partial charge is 0.383 e. The van der Waals surface area contributed by atoms with Crippen molar-refractivity contribution >= 4 is 33.2 Å². The Morgan fingerprint density at radius 2 is 2.29 bits per heavy atom. The second-order valence-corrected chi connectivity index (χ2v) is 7.03. The number of hydrogen-bond donors (Lipinski definition) is 1. The number of fused-ring (bicyclic) bond motifs is 1. The van der Waals surface area contributed by atoms with E-state index in [-0.39, 0.29) is 17.7 Å². The number of benzene rings is 1. The lowest BCUT2D eigenvalue weighted by Crippen LogP contribution is -2.46. The molecule has 1 N–H and O–H groups in total. The van der Waals surface area contributed by atoms with Crippen molar-refractivity contribution in [3.8, 4) is 0 Å². The van der Waals surface area contributed by atoms with Crippen LogP contribution in [0.1, 0.15) is 18.4 Å². The number of carbonyl (C=O) groups excluding carboxylic acids is 2. The number of carbonyl (C=O) groups is 2. The van der Waals surface area contributed by atoms with E-state index in [0.29, 0.717) is 39.1 Å². The molecule has 2 heterocycles. The van der Waals surface area contributed by atoms with Gasteiger partial charge in [-0.3, -0.25) is 9.59 Å². The van der Waals surface area contributed by atoms with Gasteiger partial charge in [0, 0.05) is 37.9 Å². The number of rotatable bonds is 6. The van der Waals surface area contributed by atoms with Gasteiger partial charge in [-0.1, -0.05) is 6.07 Å². The molecule has 0 bridgehead atoms. The van der Waals surface area contributed by atoms with Crippen LogP contribution in [0.25, 0.3) is 10.1 Å². The summed E-state index contributed by atoms with van der Waals surface area (Å²) < 4.78 is 6.28. The summed E-state index contributed by atoms with van der Waals surface area (Å²) in [5.74, 6) is -0.00113. The number of hydrogen-bond acceptors (Lipinski definition) is 4. The smallest absolute Gasteiger partial charge is 0.225 e. The fourth-order valence-corrected chi connectivity index (χ4v) is 3.78. The van der Waals surface area contributed by atoms with Crippen molar-refractivity contribution < 1.29 is 14.3 Å². The van der Waals surface area contributed by atoms with Gasteiger partial charge in [0.1, 0.15) is 0 Å². The first kappa shape index (κ1) is 16.9. The first-order valence-corrected chi connectivity index (χ1v) is 9.06. The zero-order chi connectivity index (χ0) is 16.9. The predicted molar refractivity (Wildman–Crippen MR) is 94.9 cm³/mol. The molecule has 6 heteroatoms. The Morgan fingerprint density at radius 3 is 3.12 bits per heavy atom. The number of nitrogens with zero attached hydrogens (tertiary/aromatic N) is 1. The van der Waals surface area contributed by atoms with Gasteiger partial charge in [-0.2, -0.15) is 0 Å². The summed E-state index contributed by atoms with van der Waals surface area (Å²) in [7, 11) is 1.61. The van der Waals surface area contributed by atoms with E-state index in [9.17, 15) is 9.59 Å². The van der Waals surface area contributed by atoms with Crippen molar-refractivity contribution in [2.45, 2.75) is 19.4 Å². The van der Waals surface area contributed by atoms with Crippen molar-refractivity contribution in [2.24, 2.45) is 5.92 Å². The first-order chi connectivity index (χ1) is 11.7. The van der Waals surface area contributed by atoms with E-state index < -0.39 is 0 Å². The first-order valence-electron chi connectivity index (χ1n) is 8.18. The average molecular weight is 346 g/mol. The SMILES string of the molecule is COCCN1C[C@@H](C(=O)NCc2ccc3sccc3c2)CCC1=O. The molecule has 0 saturated carbocycles. The Morgan fingerprint density at radius 1 is 1.42 bits per heavy atom. The molecule has 0 spiro atoms. The maximum atomic E-state index is 12.4. The minimum Gasteiger partial charge on any atom is -0.383 e. The van der Waals surface area contributed by atoms with Crippen LogP contribution < -0.4 is 5.32 Å². The molecule has 0 aliphatic carbocycles. The molecule has 1 aromatic heterocycles. The Bertz CT molecular complexity index is 728. The molecule has 1 atom stereocenters. The maximum Gasteiger partial charge on any atom is 0.225 e. The number of piperidine rings is 1. The third kappa shape index (κ3) is 3.94. The van der Waals surface area contributed by atoms with Crippen LogP contribution in [-0.2, 0) is 20.9 Å². The zero-order valence-corrected chi connectivity index (χ0v) is 14.6. The lowest BCUT2D eigenvalue weighted by molar-refractivity contribution is -0.138. The summed E-state index contributed by atoms with van der Waals surface area (Å²) in [6, 6.07) is 8.34. The Labute approximate surface area is 145 Å². The molecule has 24 heavy (non-hydrogen) atoms. The van der Waals surface area contributed by atoms with Crippen molar-refractivity contribution in [1.82, 2.24) is 10.2 Å². The van der Waals surface area contributed by atoms with Crippen LogP contribution in [0.15, 0.2) is 29.6 Å². The maximum absolute atomic E-state index is 12.4. The fraction of sp³-hybridized carbons (Fsp3) is 0.444. The van der Waals surface area contributed by atoms with Crippen LogP contribution in [0.5, 0.6) is 0 Å². The fourth-order valence-electron chi connectivity index (χ4n) is 3.01. The normalized spacial score (nSPS) is 18.1. The van der Waals surface area contributed by atoms with Gasteiger partial charge in [-0.15, -0.1) is 11.3 Å². The quantitative estimate of drug-likeness (QED) is 0.874. The molecule has 3 rings (SSSR count). The molecule has 1 fully saturated rings. The van der Waals surface area contributed by atoms with Crippen LogP contribution in [0, 0.1) is 5.92 Å². The van der Waals surface area contributed by atoms with Crippen LogP contribution >= 0.6 is 11.3 Å². The molecule has 5 nitrogen and oxygen atoms in total. The number of ether oxygens (including phenoxy) is 1. The molecule has 1 aliphatic heterocycles. The lowest BCUT2D eigenvalue weighted by Gasteiger charge is -2.31. The summed E-state index contributed by atoms with van der Waals surface area (Å²) in [5.41, 5.74) is 1.09. The van der Waals surface area contributed by atoms with E-state index in [1.165, 1.54) is 10.1 Å². The van der Waals surface area contributed by atoms with Gasteiger partial charge in [-0.25, -0.2) is 0 Å². The van der Waals surface area contributed by atoms with E-state index >= 15 is 0 Å². The zero-order valence-electron chi connectivity index (χ0n) is 13.8. The average Bonchev–Trinajstić information content (AvgIpc) is 3.06. The molecule has 1 aliphatic rings. The molecular weight excluding hydrogens is 324 g/mol. The monoisotopic (exact) mass is 346 g/mol. The minimum absolute atomic E-state index is 0.0235. The van der Waals surface area contributed by atoms with Crippen molar-refractivity contribution in [3.05, 3.63) is 35.2 Å². The van der Waals surface area contributed by atoms with Crippen LogP contribution in [-0.4, -0.2) is 43.5 Å². The number of amides is 2. The number of thiophene rings is 1. The van der Waals surface area contributed by atoms with E-state index in [0.717, 1.165) is 5.56 Å². The molecule has 0 radical (unpaired) electrons. The Kier molecular flexibility index (Phi) is 5.48. The highest BCUT2D eigenvalue weighted by atomic mass is 32.1. The van der Waals surface area contributed by atoms with Gasteiger partial charge in [0.25, 0.3) is 0 Å². The van der Waals surface area contributed by atoms with Crippen molar-refractivity contribution in [3.63, 3.8) is 0 Å². The lowest BCUT2D eigenvalue weighted by atomic mass is 9.96. The summed E-state index contributed by atoms with van der Waals surface area (Å²) in [6.07, 6.45) is 1.06. The topological polar surface area (TPSA) is 58.6 Å². The second-order valence-electron chi connectivity index (χ2n) is 6.08. The van der Waals surface area contributed by atoms with E-state index in [1.807, 2.05) is 0 Å². The van der Waals surface area contributed by atoms with E-state index in [2.05, 4.69) is 35.0 Å². The van der Waals surface area contributed by atoms with Gasteiger partial charge in [0.05, 0.1) is 12.5 Å². The molecule has 2 amide bonds. The minimum atomic E-state index is -0.135. The van der Waals surface area contributed by atoms with Gasteiger partial charge < -0.3 is 15.0 Å². The van der Waals surface area contributed by atoms with Crippen molar-refractivity contribution in [2.75, 3.05) is 26.8 Å². The van der Waals surface area contributed by atoms with E-state index in [1.54, 1.807) is 23.3 Å². The highest BCUT2D eigenvalue weighted by molar-refractivity contribution is 7.17. The summed E-state index contributed by atoms with van der Waals surface area (Å²) in [6.45, 7) is 2.05. The van der Waals surface area contributed by atoms with Gasteiger partial charge in [0.15, 0.2) is 0 Å². The predicted octanol–water partition coefficient (Wildman–Crippen LogP) is 2.40. The van der Waals surface area contributed by atoms with Gasteiger partial charge in [0.2, 0.25) is 11.8 Å². The van der Waals surface area contributed by atoms with Crippen LogP contribution in [0.3, 0.4) is 0 Å². The van der Waals surface area contributed by atoms with Gasteiger partial charge >= 0.3 is 0 Å².